The number of hydrogen-bond donors (Lipinski definition) is 0. The predicted octanol–water partition coefficient (Wildman–Crippen LogP) is 6.38. The quantitative estimate of drug-likeness (QED) is 0.221. The molecule has 0 aliphatic rings. The molecule has 5 rings (SSSR count). The van der Waals surface area contributed by atoms with Gasteiger partial charge in [0.15, 0.2) is 0 Å². The van der Waals surface area contributed by atoms with Crippen LogP contribution in [0.3, 0.4) is 0 Å². The molecule has 0 saturated heterocycles. The van der Waals surface area contributed by atoms with Gasteiger partial charge in [0.2, 0.25) is 0 Å². The van der Waals surface area contributed by atoms with E-state index in [2.05, 4.69) is 82.5 Å². The maximum atomic E-state index is 6.52. The van der Waals surface area contributed by atoms with Crippen molar-refractivity contribution in [3.63, 3.8) is 0 Å². The van der Waals surface area contributed by atoms with Crippen LogP contribution in [0.1, 0.15) is 28.1 Å². The third kappa shape index (κ3) is 3.52. The molecule has 0 N–H and O–H groups in total. The minimum atomic E-state index is -0.717. The fourth-order valence-electron chi connectivity index (χ4n) is 4.77. The topological polar surface area (TPSA) is 39.9 Å². The standard InChI is InChI=1S/C28H24ClN3O/c1-20-27-24(19-33-2)30-26(29)18-25(27)32(31-20)28(21-12-6-3-7-13-21,22-14-8-4-9-15-22)23-16-10-5-11-17-23/h3-18H,19H2,1-2H3. The Morgan fingerprint density at radius 1 is 0.818 bits per heavy atom. The maximum Gasteiger partial charge on any atom is 0.138 e. The van der Waals surface area contributed by atoms with Gasteiger partial charge in [-0.05, 0) is 23.6 Å². The van der Waals surface area contributed by atoms with Crippen molar-refractivity contribution in [2.24, 2.45) is 0 Å². The second-order valence-corrected chi connectivity index (χ2v) is 8.41. The molecule has 0 amide bonds. The Hall–Kier alpha value is -3.47. The summed E-state index contributed by atoms with van der Waals surface area (Å²) in [5.41, 5.74) is 5.18. The van der Waals surface area contributed by atoms with Gasteiger partial charge in [-0.25, -0.2) is 9.67 Å². The largest absolute Gasteiger partial charge is 0.378 e. The van der Waals surface area contributed by atoms with E-state index >= 15 is 0 Å². The smallest absolute Gasteiger partial charge is 0.138 e. The average molecular weight is 454 g/mol. The average Bonchev–Trinajstić information content (AvgIpc) is 3.18. The molecule has 33 heavy (non-hydrogen) atoms. The van der Waals surface area contributed by atoms with Crippen LogP contribution in [0, 0.1) is 6.92 Å². The lowest BCUT2D eigenvalue weighted by molar-refractivity contribution is 0.182. The highest BCUT2D eigenvalue weighted by Gasteiger charge is 2.41. The molecule has 0 fully saturated rings. The van der Waals surface area contributed by atoms with Gasteiger partial charge in [0.1, 0.15) is 10.7 Å². The van der Waals surface area contributed by atoms with Gasteiger partial charge in [-0.2, -0.15) is 5.10 Å². The molecule has 5 aromatic rings. The number of aromatic nitrogens is 3. The number of nitrogens with zero attached hydrogens (tertiary/aromatic N) is 3. The first kappa shape index (κ1) is 21.4. The van der Waals surface area contributed by atoms with E-state index in [1.807, 2.05) is 31.2 Å². The Kier molecular flexibility index (Phi) is 5.71. The van der Waals surface area contributed by atoms with Crippen molar-refractivity contribution in [2.75, 3.05) is 7.11 Å². The number of benzene rings is 3. The third-order valence-corrected chi connectivity index (χ3v) is 6.25. The third-order valence-electron chi connectivity index (χ3n) is 6.06. The summed E-state index contributed by atoms with van der Waals surface area (Å²) in [6, 6.07) is 33.3. The molecule has 0 atom stereocenters. The van der Waals surface area contributed by atoms with E-state index < -0.39 is 5.54 Å². The molecule has 3 aromatic carbocycles. The van der Waals surface area contributed by atoms with E-state index in [1.165, 1.54) is 0 Å². The summed E-state index contributed by atoms with van der Waals surface area (Å²) in [6.45, 7) is 2.37. The van der Waals surface area contributed by atoms with Gasteiger partial charge in [0.05, 0.1) is 23.5 Å². The summed E-state index contributed by atoms with van der Waals surface area (Å²) in [7, 11) is 1.66. The van der Waals surface area contributed by atoms with Crippen LogP contribution in [0.25, 0.3) is 10.9 Å². The lowest BCUT2D eigenvalue weighted by atomic mass is 9.77. The zero-order chi connectivity index (χ0) is 22.8. The number of halogens is 1. The van der Waals surface area contributed by atoms with Crippen LogP contribution in [0.2, 0.25) is 5.15 Å². The second-order valence-electron chi connectivity index (χ2n) is 8.02. The Labute approximate surface area is 198 Å². The zero-order valence-corrected chi connectivity index (χ0v) is 19.3. The summed E-state index contributed by atoms with van der Waals surface area (Å²) >= 11 is 6.52. The highest BCUT2D eigenvalue weighted by molar-refractivity contribution is 6.30. The van der Waals surface area contributed by atoms with Gasteiger partial charge < -0.3 is 4.74 Å². The maximum absolute atomic E-state index is 6.52. The summed E-state index contributed by atoms with van der Waals surface area (Å²) in [5, 5.41) is 6.52. The molecule has 2 heterocycles. The molecule has 0 saturated carbocycles. The first-order valence-corrected chi connectivity index (χ1v) is 11.2. The summed E-state index contributed by atoms with van der Waals surface area (Å²) in [5.74, 6) is 0. The van der Waals surface area contributed by atoms with Crippen LogP contribution < -0.4 is 0 Å². The molecule has 0 bridgehead atoms. The monoisotopic (exact) mass is 453 g/mol. The minimum Gasteiger partial charge on any atom is -0.378 e. The van der Waals surface area contributed by atoms with Crippen molar-refractivity contribution in [1.82, 2.24) is 14.8 Å². The van der Waals surface area contributed by atoms with Crippen molar-refractivity contribution in [3.05, 3.63) is 130 Å². The summed E-state index contributed by atoms with van der Waals surface area (Å²) in [4.78, 5) is 4.55. The van der Waals surface area contributed by atoms with Crippen LogP contribution in [-0.4, -0.2) is 21.9 Å². The van der Waals surface area contributed by atoms with E-state index in [9.17, 15) is 0 Å². The molecular weight excluding hydrogens is 430 g/mol. The van der Waals surface area contributed by atoms with E-state index in [-0.39, 0.29) is 0 Å². The Morgan fingerprint density at radius 3 is 1.76 bits per heavy atom. The summed E-state index contributed by atoms with van der Waals surface area (Å²) in [6.07, 6.45) is 0. The molecule has 0 spiro atoms. The molecular formula is C28H24ClN3O. The van der Waals surface area contributed by atoms with Crippen LogP contribution in [-0.2, 0) is 16.9 Å². The fraction of sp³-hybridized carbons (Fsp3) is 0.143. The van der Waals surface area contributed by atoms with E-state index in [0.29, 0.717) is 11.8 Å². The van der Waals surface area contributed by atoms with Crippen molar-refractivity contribution >= 4 is 22.5 Å². The number of aryl methyl sites for hydroxylation is 1. The lowest BCUT2D eigenvalue weighted by Gasteiger charge is -2.37. The Bertz CT molecular complexity index is 1290. The van der Waals surface area contributed by atoms with Crippen molar-refractivity contribution in [2.45, 2.75) is 19.1 Å². The number of rotatable bonds is 6. The van der Waals surface area contributed by atoms with E-state index in [4.69, 9.17) is 21.4 Å². The number of fused-ring (bicyclic) bond motifs is 1. The van der Waals surface area contributed by atoms with Gasteiger partial charge in [-0.1, -0.05) is 103 Å². The molecule has 164 valence electrons. The van der Waals surface area contributed by atoms with Crippen LogP contribution in [0.15, 0.2) is 97.1 Å². The van der Waals surface area contributed by atoms with Crippen molar-refractivity contribution in [3.8, 4) is 0 Å². The Morgan fingerprint density at radius 2 is 1.30 bits per heavy atom. The van der Waals surface area contributed by atoms with Gasteiger partial charge >= 0.3 is 0 Å². The highest BCUT2D eigenvalue weighted by atomic mass is 35.5. The minimum absolute atomic E-state index is 0.360. The van der Waals surface area contributed by atoms with Crippen LogP contribution in [0.5, 0.6) is 0 Å². The molecule has 2 aromatic heterocycles. The molecule has 0 aliphatic carbocycles. The predicted molar refractivity (Wildman–Crippen MR) is 133 cm³/mol. The highest BCUT2D eigenvalue weighted by Crippen LogP contribution is 2.43. The fourth-order valence-corrected chi connectivity index (χ4v) is 4.97. The lowest BCUT2D eigenvalue weighted by Crippen LogP contribution is -2.38. The number of methoxy groups -OCH3 is 1. The van der Waals surface area contributed by atoms with Gasteiger partial charge in [-0.3, -0.25) is 0 Å². The number of hydrogen-bond acceptors (Lipinski definition) is 3. The van der Waals surface area contributed by atoms with Crippen LogP contribution >= 0.6 is 11.6 Å². The number of pyridine rings is 1. The van der Waals surface area contributed by atoms with Gasteiger partial charge in [0.25, 0.3) is 0 Å². The molecule has 4 nitrogen and oxygen atoms in total. The second kappa shape index (κ2) is 8.81. The molecule has 0 aliphatic heterocycles. The van der Waals surface area contributed by atoms with Crippen molar-refractivity contribution in [1.29, 1.82) is 0 Å². The molecule has 0 radical (unpaired) electrons. The van der Waals surface area contributed by atoms with Gasteiger partial charge in [0, 0.05) is 18.6 Å². The number of ether oxygens (including phenoxy) is 1. The van der Waals surface area contributed by atoms with Crippen LogP contribution in [0.4, 0.5) is 0 Å². The zero-order valence-electron chi connectivity index (χ0n) is 18.6. The summed E-state index contributed by atoms with van der Waals surface area (Å²) < 4.78 is 7.54. The molecule has 5 heteroatoms. The molecule has 0 unspecified atom stereocenters. The SMILES string of the molecule is COCc1nc(Cl)cc2c1c(C)nn2C(c1ccccc1)(c1ccccc1)c1ccccc1. The van der Waals surface area contributed by atoms with Gasteiger partial charge in [-0.15, -0.1) is 0 Å². The first-order valence-electron chi connectivity index (χ1n) is 10.9. The van der Waals surface area contributed by atoms with Crippen molar-refractivity contribution < 1.29 is 4.74 Å². The first-order chi connectivity index (χ1) is 16.2. The van der Waals surface area contributed by atoms with E-state index in [1.54, 1.807) is 7.11 Å². The normalized spacial score (nSPS) is 11.7. The Balaban J connectivity index is 1.98. The van der Waals surface area contributed by atoms with E-state index in [0.717, 1.165) is 39.0 Å².